The minimum atomic E-state index is -0.979. The van der Waals surface area contributed by atoms with E-state index in [0.29, 0.717) is 30.0 Å². The number of anilines is 1. The van der Waals surface area contributed by atoms with Crippen LogP contribution in [0.25, 0.3) is 0 Å². The molecule has 3 aromatic rings. The molecular weight excluding hydrogens is 413 g/mol. The molecule has 0 spiro atoms. The Morgan fingerprint density at radius 2 is 1.84 bits per heavy atom. The molecule has 1 aliphatic heterocycles. The summed E-state index contributed by atoms with van der Waals surface area (Å²) in [5.41, 5.74) is 1.63. The van der Waals surface area contributed by atoms with Gasteiger partial charge in [0, 0.05) is 12.5 Å². The van der Waals surface area contributed by atoms with Crippen LogP contribution in [0.15, 0.2) is 71.3 Å². The first-order valence-electron chi connectivity index (χ1n) is 10.3. The Kier molecular flexibility index (Phi) is 6.30. The van der Waals surface area contributed by atoms with E-state index in [9.17, 15) is 18.8 Å². The molecule has 3 amide bonds. The van der Waals surface area contributed by atoms with E-state index in [1.807, 2.05) is 6.07 Å². The van der Waals surface area contributed by atoms with Crippen molar-refractivity contribution in [2.75, 3.05) is 11.9 Å². The van der Waals surface area contributed by atoms with Crippen molar-refractivity contribution in [3.05, 3.63) is 89.6 Å². The van der Waals surface area contributed by atoms with Gasteiger partial charge >= 0.3 is 0 Å². The van der Waals surface area contributed by atoms with Gasteiger partial charge in [0.15, 0.2) is 0 Å². The van der Waals surface area contributed by atoms with Gasteiger partial charge in [-0.2, -0.15) is 0 Å². The molecule has 32 heavy (non-hydrogen) atoms. The number of nitrogens with one attached hydrogen (secondary N) is 3. The summed E-state index contributed by atoms with van der Waals surface area (Å²) in [5, 5.41) is 8.08. The highest BCUT2D eigenvalue weighted by molar-refractivity contribution is 6.10. The maximum atomic E-state index is 13.3. The predicted octanol–water partition coefficient (Wildman–Crippen LogP) is 3.20. The summed E-state index contributed by atoms with van der Waals surface area (Å²) in [6.45, 7) is 0.310. The SMILES string of the molecule is O=C(C[C@@H]1NC(=O)c2ccccc2NC1=O)NCC[C@@H](c1ccc(F)cc1)c1ccco1. The lowest BCUT2D eigenvalue weighted by Crippen LogP contribution is -2.44. The van der Waals surface area contributed by atoms with Crippen LogP contribution >= 0.6 is 0 Å². The minimum absolute atomic E-state index is 0.165. The smallest absolute Gasteiger partial charge is 0.254 e. The molecule has 8 heteroatoms. The van der Waals surface area contributed by atoms with Crippen molar-refractivity contribution in [2.24, 2.45) is 0 Å². The molecule has 0 fully saturated rings. The van der Waals surface area contributed by atoms with Gasteiger partial charge in [-0.1, -0.05) is 24.3 Å². The van der Waals surface area contributed by atoms with Gasteiger partial charge in [-0.15, -0.1) is 0 Å². The molecule has 0 saturated carbocycles. The van der Waals surface area contributed by atoms with E-state index in [2.05, 4.69) is 16.0 Å². The van der Waals surface area contributed by atoms with Gasteiger partial charge in [-0.25, -0.2) is 4.39 Å². The summed E-state index contributed by atoms with van der Waals surface area (Å²) in [7, 11) is 0. The van der Waals surface area contributed by atoms with Crippen LogP contribution in [0.4, 0.5) is 10.1 Å². The molecule has 0 unspecified atom stereocenters. The topological polar surface area (TPSA) is 100 Å². The van der Waals surface area contributed by atoms with Crippen LogP contribution in [-0.2, 0) is 9.59 Å². The van der Waals surface area contributed by atoms with Crippen LogP contribution in [0.3, 0.4) is 0 Å². The second-order valence-corrected chi connectivity index (χ2v) is 7.52. The Morgan fingerprint density at radius 1 is 1.06 bits per heavy atom. The lowest BCUT2D eigenvalue weighted by atomic mass is 9.93. The maximum Gasteiger partial charge on any atom is 0.254 e. The number of benzene rings is 2. The van der Waals surface area contributed by atoms with E-state index in [4.69, 9.17) is 4.42 Å². The zero-order valence-electron chi connectivity index (χ0n) is 17.1. The number of fused-ring (bicyclic) bond motifs is 1. The van der Waals surface area contributed by atoms with Crippen molar-refractivity contribution in [3.8, 4) is 0 Å². The number of para-hydroxylation sites is 1. The zero-order valence-corrected chi connectivity index (χ0v) is 17.1. The van der Waals surface area contributed by atoms with Crippen molar-refractivity contribution >= 4 is 23.4 Å². The fourth-order valence-electron chi connectivity index (χ4n) is 3.73. The van der Waals surface area contributed by atoms with E-state index in [1.165, 1.54) is 12.1 Å². The Balaban J connectivity index is 1.35. The molecule has 7 nitrogen and oxygen atoms in total. The van der Waals surface area contributed by atoms with E-state index >= 15 is 0 Å². The van der Waals surface area contributed by atoms with Crippen molar-refractivity contribution in [1.29, 1.82) is 0 Å². The molecule has 0 saturated heterocycles. The third-order valence-electron chi connectivity index (χ3n) is 5.36. The molecule has 1 aliphatic rings. The highest BCUT2D eigenvalue weighted by Gasteiger charge is 2.29. The number of amides is 3. The number of halogens is 1. The summed E-state index contributed by atoms with van der Waals surface area (Å²) in [5.74, 6) is -1.01. The lowest BCUT2D eigenvalue weighted by Gasteiger charge is -2.17. The summed E-state index contributed by atoms with van der Waals surface area (Å²) < 4.78 is 18.8. The Labute approximate surface area is 184 Å². The average molecular weight is 435 g/mol. The van der Waals surface area contributed by atoms with Crippen molar-refractivity contribution in [3.63, 3.8) is 0 Å². The normalized spacial score (nSPS) is 16.3. The zero-order chi connectivity index (χ0) is 22.5. The van der Waals surface area contributed by atoms with Crippen LogP contribution in [0.5, 0.6) is 0 Å². The minimum Gasteiger partial charge on any atom is -0.469 e. The van der Waals surface area contributed by atoms with E-state index in [-0.39, 0.29) is 24.1 Å². The second kappa shape index (κ2) is 9.47. The first kappa shape index (κ1) is 21.3. The van der Waals surface area contributed by atoms with Gasteiger partial charge in [0.25, 0.3) is 5.91 Å². The largest absolute Gasteiger partial charge is 0.469 e. The molecule has 0 aliphatic carbocycles. The number of rotatable bonds is 7. The Bertz CT molecular complexity index is 1110. The van der Waals surface area contributed by atoms with E-state index < -0.39 is 17.9 Å². The first-order chi connectivity index (χ1) is 15.5. The molecule has 2 aromatic carbocycles. The summed E-state index contributed by atoms with van der Waals surface area (Å²) >= 11 is 0. The molecule has 2 atom stereocenters. The van der Waals surface area contributed by atoms with Crippen LogP contribution < -0.4 is 16.0 Å². The van der Waals surface area contributed by atoms with Gasteiger partial charge in [0.05, 0.1) is 23.9 Å². The van der Waals surface area contributed by atoms with Crippen molar-refractivity contribution < 1.29 is 23.2 Å². The molecule has 3 N–H and O–H groups in total. The molecular formula is C24H22FN3O4. The van der Waals surface area contributed by atoms with Gasteiger partial charge in [0.1, 0.15) is 17.6 Å². The summed E-state index contributed by atoms with van der Waals surface area (Å²) in [6, 6.07) is 15.4. The van der Waals surface area contributed by atoms with Gasteiger partial charge < -0.3 is 20.4 Å². The molecule has 0 bridgehead atoms. The fraction of sp³-hybridized carbons (Fsp3) is 0.208. The third-order valence-corrected chi connectivity index (χ3v) is 5.36. The van der Waals surface area contributed by atoms with Gasteiger partial charge in [-0.05, 0) is 48.4 Å². The molecule has 2 heterocycles. The molecule has 1 aromatic heterocycles. The average Bonchev–Trinajstić information content (AvgIpc) is 3.28. The van der Waals surface area contributed by atoms with E-state index in [0.717, 1.165) is 5.56 Å². The monoisotopic (exact) mass is 435 g/mol. The van der Waals surface area contributed by atoms with Crippen LogP contribution in [-0.4, -0.2) is 30.3 Å². The molecule has 164 valence electrons. The van der Waals surface area contributed by atoms with Crippen LogP contribution in [0.2, 0.25) is 0 Å². The quantitative estimate of drug-likeness (QED) is 0.531. The van der Waals surface area contributed by atoms with Crippen LogP contribution in [0, 0.1) is 5.82 Å². The maximum absolute atomic E-state index is 13.3. The first-order valence-corrected chi connectivity index (χ1v) is 10.3. The van der Waals surface area contributed by atoms with Crippen molar-refractivity contribution in [2.45, 2.75) is 24.8 Å². The predicted molar refractivity (Wildman–Crippen MR) is 116 cm³/mol. The summed E-state index contributed by atoms with van der Waals surface area (Å²) in [4.78, 5) is 37.3. The van der Waals surface area contributed by atoms with Gasteiger partial charge in [-0.3, -0.25) is 14.4 Å². The number of furan rings is 1. The summed E-state index contributed by atoms with van der Waals surface area (Å²) in [6.07, 6.45) is 1.89. The number of carbonyl (C=O) groups is 3. The number of hydrogen-bond acceptors (Lipinski definition) is 4. The lowest BCUT2D eigenvalue weighted by molar-refractivity contribution is -0.125. The number of carbonyl (C=O) groups excluding carboxylic acids is 3. The fourth-order valence-corrected chi connectivity index (χ4v) is 3.73. The van der Waals surface area contributed by atoms with Crippen molar-refractivity contribution in [1.82, 2.24) is 10.6 Å². The Morgan fingerprint density at radius 3 is 2.59 bits per heavy atom. The highest BCUT2D eigenvalue weighted by atomic mass is 19.1. The standard InChI is InChI=1S/C24H22FN3O4/c25-16-9-7-15(8-10-16)17(21-6-3-13-32-21)11-12-26-22(29)14-20-24(31)27-19-5-2-1-4-18(19)23(30)28-20/h1-10,13,17,20H,11-12,14H2,(H,26,29)(H,27,31)(H,28,30)/t17-,20-/m0/s1. The Hall–Kier alpha value is -3.94. The highest BCUT2D eigenvalue weighted by Crippen LogP contribution is 2.28. The molecule has 0 radical (unpaired) electrons. The second-order valence-electron chi connectivity index (χ2n) is 7.52. The molecule has 4 rings (SSSR count). The number of hydrogen-bond donors (Lipinski definition) is 3. The van der Waals surface area contributed by atoms with Gasteiger partial charge in [0.2, 0.25) is 11.8 Å². The third kappa shape index (κ3) is 4.85. The van der Waals surface area contributed by atoms with Crippen LogP contribution in [0.1, 0.15) is 40.4 Å². The van der Waals surface area contributed by atoms with E-state index in [1.54, 1.807) is 48.7 Å².